The summed E-state index contributed by atoms with van der Waals surface area (Å²) in [5.41, 5.74) is 2.16. The number of hydrogen-bond donors (Lipinski definition) is 2. The Morgan fingerprint density at radius 2 is 2.00 bits per heavy atom. The maximum atomic E-state index is 12.2. The van der Waals surface area contributed by atoms with Crippen molar-refractivity contribution in [2.24, 2.45) is 0 Å². The summed E-state index contributed by atoms with van der Waals surface area (Å²) < 4.78 is 5.11. The van der Waals surface area contributed by atoms with Gasteiger partial charge in [0.2, 0.25) is 11.8 Å². The van der Waals surface area contributed by atoms with Crippen LogP contribution in [0.3, 0.4) is 0 Å². The Kier molecular flexibility index (Phi) is 8.02. The first-order valence-corrected chi connectivity index (χ1v) is 11.2. The Bertz CT molecular complexity index is 866. The summed E-state index contributed by atoms with van der Waals surface area (Å²) in [6, 6.07) is 6.78. The van der Waals surface area contributed by atoms with Crippen LogP contribution in [0.2, 0.25) is 0 Å². The van der Waals surface area contributed by atoms with Gasteiger partial charge in [0, 0.05) is 23.9 Å². The highest BCUT2D eigenvalue weighted by atomic mass is 32.1. The number of aromatic nitrogens is 1. The van der Waals surface area contributed by atoms with E-state index >= 15 is 0 Å². The third kappa shape index (κ3) is 6.42. The molecular formula is C23H29N3O3S. The van der Waals surface area contributed by atoms with E-state index < -0.39 is 6.04 Å². The van der Waals surface area contributed by atoms with E-state index in [1.807, 2.05) is 35.6 Å². The number of carbonyl (C=O) groups is 2. The smallest absolute Gasteiger partial charge is 0.244 e. The van der Waals surface area contributed by atoms with E-state index in [9.17, 15) is 9.59 Å². The second kappa shape index (κ2) is 10.9. The molecule has 0 bridgehead atoms. The van der Waals surface area contributed by atoms with Gasteiger partial charge >= 0.3 is 0 Å². The van der Waals surface area contributed by atoms with E-state index in [1.165, 1.54) is 34.5 Å². The number of thiazole rings is 1. The molecule has 1 aromatic heterocycles. The molecule has 30 heavy (non-hydrogen) atoms. The van der Waals surface area contributed by atoms with Crippen LogP contribution in [-0.4, -0.2) is 36.5 Å². The van der Waals surface area contributed by atoms with Crippen LogP contribution in [0.15, 0.2) is 30.3 Å². The fourth-order valence-corrected chi connectivity index (χ4v) is 4.53. The molecule has 1 aliphatic rings. The first-order valence-electron chi connectivity index (χ1n) is 10.4. The minimum absolute atomic E-state index is 0.181. The standard InChI is InChI=1S/C23H29N3O3S/c1-16(25-21(27)14-11-17-9-12-18(29-2)13-10-17)23(28)24-15-5-8-22-26-19-6-3-4-7-20(19)30-22/h9-14,16H,3-8,15H2,1-2H3,(H,24,28)(H,25,27)/b14-11+. The number of nitrogens with one attached hydrogen (secondary N) is 2. The van der Waals surface area contributed by atoms with E-state index in [4.69, 9.17) is 9.72 Å². The van der Waals surface area contributed by atoms with Crippen molar-refractivity contribution in [3.05, 3.63) is 51.5 Å². The highest BCUT2D eigenvalue weighted by molar-refractivity contribution is 7.11. The first-order chi connectivity index (χ1) is 14.5. The SMILES string of the molecule is COc1ccc(/C=C/C(=O)NC(C)C(=O)NCCCc2nc3c(s2)CCCC3)cc1. The molecule has 2 amide bonds. The van der Waals surface area contributed by atoms with Crippen LogP contribution in [0.4, 0.5) is 0 Å². The van der Waals surface area contributed by atoms with Gasteiger partial charge in [0.25, 0.3) is 0 Å². The quantitative estimate of drug-likeness (QED) is 0.475. The largest absolute Gasteiger partial charge is 0.497 e. The van der Waals surface area contributed by atoms with Gasteiger partial charge in [0.05, 0.1) is 17.8 Å². The average Bonchev–Trinajstić information content (AvgIpc) is 3.18. The summed E-state index contributed by atoms with van der Waals surface area (Å²) in [6.07, 6.45) is 9.62. The summed E-state index contributed by atoms with van der Waals surface area (Å²) in [5.74, 6) is 0.276. The molecule has 0 saturated heterocycles. The normalized spacial score (nSPS) is 14.2. The Morgan fingerprint density at radius 1 is 1.23 bits per heavy atom. The first kappa shape index (κ1) is 22.0. The number of amides is 2. The molecule has 3 rings (SSSR count). The van der Waals surface area contributed by atoms with E-state index in [0.29, 0.717) is 6.54 Å². The van der Waals surface area contributed by atoms with Crippen LogP contribution in [0, 0.1) is 0 Å². The summed E-state index contributed by atoms with van der Waals surface area (Å²) >= 11 is 1.82. The Morgan fingerprint density at radius 3 is 2.73 bits per heavy atom. The highest BCUT2D eigenvalue weighted by Crippen LogP contribution is 2.27. The molecule has 160 valence electrons. The summed E-state index contributed by atoms with van der Waals surface area (Å²) in [7, 11) is 1.61. The van der Waals surface area contributed by atoms with Crippen molar-refractivity contribution in [2.75, 3.05) is 13.7 Å². The van der Waals surface area contributed by atoms with Gasteiger partial charge in [-0.05, 0) is 62.8 Å². The summed E-state index contributed by atoms with van der Waals surface area (Å²) in [5, 5.41) is 6.75. The molecule has 0 aliphatic heterocycles. The van der Waals surface area contributed by atoms with Crippen LogP contribution in [0.1, 0.15) is 47.3 Å². The molecule has 2 N–H and O–H groups in total. The van der Waals surface area contributed by atoms with Crippen LogP contribution >= 0.6 is 11.3 Å². The number of ether oxygens (including phenoxy) is 1. The second-order valence-electron chi connectivity index (χ2n) is 7.42. The maximum Gasteiger partial charge on any atom is 0.244 e. The van der Waals surface area contributed by atoms with Gasteiger partial charge in [0.15, 0.2) is 0 Å². The van der Waals surface area contributed by atoms with Gasteiger partial charge in [0.1, 0.15) is 11.8 Å². The van der Waals surface area contributed by atoms with E-state index in [-0.39, 0.29) is 11.8 Å². The molecule has 7 heteroatoms. The molecule has 1 heterocycles. The molecule has 0 fully saturated rings. The highest BCUT2D eigenvalue weighted by Gasteiger charge is 2.16. The number of rotatable bonds is 9. The van der Waals surface area contributed by atoms with E-state index in [0.717, 1.165) is 37.0 Å². The molecule has 0 spiro atoms. The molecular weight excluding hydrogens is 398 g/mol. The number of nitrogens with zero attached hydrogens (tertiary/aromatic N) is 1. The zero-order chi connectivity index (χ0) is 21.3. The van der Waals surface area contributed by atoms with Gasteiger partial charge in [-0.1, -0.05) is 12.1 Å². The van der Waals surface area contributed by atoms with Gasteiger partial charge < -0.3 is 15.4 Å². The summed E-state index contributed by atoms with van der Waals surface area (Å²) in [6.45, 7) is 2.26. The van der Waals surface area contributed by atoms with E-state index in [2.05, 4.69) is 10.6 Å². The molecule has 1 atom stereocenters. The molecule has 2 aromatic rings. The maximum absolute atomic E-state index is 12.2. The fraction of sp³-hybridized carbons (Fsp3) is 0.435. The Balaban J connectivity index is 1.35. The van der Waals surface area contributed by atoms with Gasteiger partial charge in [-0.15, -0.1) is 11.3 Å². The van der Waals surface area contributed by atoms with Crippen LogP contribution in [0.5, 0.6) is 5.75 Å². The van der Waals surface area contributed by atoms with Crippen molar-refractivity contribution in [2.45, 2.75) is 51.5 Å². The van der Waals surface area contributed by atoms with Crippen LogP contribution in [-0.2, 0) is 28.9 Å². The lowest BCUT2D eigenvalue weighted by Gasteiger charge is -2.12. The number of methoxy groups -OCH3 is 1. The number of carbonyl (C=O) groups excluding carboxylic acids is 2. The Hall–Kier alpha value is -2.67. The van der Waals surface area contributed by atoms with Gasteiger partial charge in [-0.3, -0.25) is 9.59 Å². The number of benzene rings is 1. The van der Waals surface area contributed by atoms with E-state index in [1.54, 1.807) is 20.1 Å². The third-order valence-electron chi connectivity index (χ3n) is 5.05. The van der Waals surface area contributed by atoms with Crippen LogP contribution < -0.4 is 15.4 Å². The van der Waals surface area contributed by atoms with Gasteiger partial charge in [-0.2, -0.15) is 0 Å². The third-order valence-corrected chi connectivity index (χ3v) is 6.27. The van der Waals surface area contributed by atoms with Gasteiger partial charge in [-0.25, -0.2) is 4.98 Å². The van der Waals surface area contributed by atoms with Crippen molar-refractivity contribution < 1.29 is 14.3 Å². The Labute approximate surface area is 181 Å². The summed E-state index contributed by atoms with van der Waals surface area (Å²) in [4.78, 5) is 30.4. The van der Waals surface area contributed by atoms with Crippen molar-refractivity contribution in [3.63, 3.8) is 0 Å². The molecule has 6 nitrogen and oxygen atoms in total. The van der Waals surface area contributed by atoms with Crippen LogP contribution in [0.25, 0.3) is 6.08 Å². The lowest BCUT2D eigenvalue weighted by atomic mass is 10.0. The minimum atomic E-state index is -0.592. The predicted octanol–water partition coefficient (Wildman–Crippen LogP) is 3.30. The van der Waals surface area contributed by atoms with Crippen molar-refractivity contribution in [3.8, 4) is 5.75 Å². The monoisotopic (exact) mass is 427 g/mol. The predicted molar refractivity (Wildman–Crippen MR) is 120 cm³/mol. The topological polar surface area (TPSA) is 80.3 Å². The second-order valence-corrected chi connectivity index (χ2v) is 8.58. The molecule has 0 saturated carbocycles. The number of fused-ring (bicyclic) bond motifs is 1. The lowest BCUT2D eigenvalue weighted by Crippen LogP contribution is -2.44. The lowest BCUT2D eigenvalue weighted by molar-refractivity contribution is -0.126. The number of aryl methyl sites for hydroxylation is 3. The zero-order valence-corrected chi connectivity index (χ0v) is 18.4. The zero-order valence-electron chi connectivity index (χ0n) is 17.6. The average molecular weight is 428 g/mol. The number of hydrogen-bond acceptors (Lipinski definition) is 5. The molecule has 1 aromatic carbocycles. The molecule has 1 unspecified atom stereocenters. The minimum Gasteiger partial charge on any atom is -0.497 e. The molecule has 1 aliphatic carbocycles. The van der Waals surface area contributed by atoms with Crippen molar-refractivity contribution >= 4 is 29.2 Å². The van der Waals surface area contributed by atoms with Crippen molar-refractivity contribution in [1.29, 1.82) is 0 Å². The fourth-order valence-electron chi connectivity index (χ4n) is 3.33. The molecule has 0 radical (unpaired) electrons. The van der Waals surface area contributed by atoms with Crippen molar-refractivity contribution in [1.82, 2.24) is 15.6 Å².